The van der Waals surface area contributed by atoms with Crippen LogP contribution in [0.25, 0.3) is 0 Å². The van der Waals surface area contributed by atoms with Crippen LogP contribution in [0.15, 0.2) is 18.5 Å². The zero-order chi connectivity index (χ0) is 12.7. The summed E-state index contributed by atoms with van der Waals surface area (Å²) in [6, 6.07) is 1.57. The van der Waals surface area contributed by atoms with Gasteiger partial charge in [0.2, 0.25) is 0 Å². The molecule has 1 aromatic heterocycles. The maximum absolute atomic E-state index is 12.3. The molecule has 0 radical (unpaired) electrons. The Morgan fingerprint density at radius 3 is 2.78 bits per heavy atom. The van der Waals surface area contributed by atoms with E-state index in [4.69, 9.17) is 5.73 Å². The van der Waals surface area contributed by atoms with Gasteiger partial charge >= 0.3 is 0 Å². The summed E-state index contributed by atoms with van der Waals surface area (Å²) in [7, 11) is 0. The maximum Gasteiger partial charge on any atom is 0.263 e. The van der Waals surface area contributed by atoms with Crippen LogP contribution >= 0.6 is 0 Å². The molecule has 0 saturated heterocycles. The van der Waals surface area contributed by atoms with E-state index in [-0.39, 0.29) is 23.8 Å². The molecule has 1 fully saturated rings. The first-order valence-electron chi connectivity index (χ1n) is 6.26. The van der Waals surface area contributed by atoms with Crippen LogP contribution in [0.1, 0.15) is 40.0 Å². The molecule has 2 heterocycles. The van der Waals surface area contributed by atoms with Crippen LogP contribution in [0.4, 0.5) is 0 Å². The molecule has 2 atom stereocenters. The standard InChI is InChI=1S/C13H15N3O2/c14-6-8-2-1-3-11(8)16-12(17)9-4-5-15-7-10(9)13(16)18/h4-5,7-8,11H,1-3,6,14H2. The van der Waals surface area contributed by atoms with Crippen molar-refractivity contribution in [3.05, 3.63) is 29.6 Å². The van der Waals surface area contributed by atoms with Crippen LogP contribution in [0, 0.1) is 5.92 Å². The fourth-order valence-corrected chi connectivity index (χ4v) is 3.04. The van der Waals surface area contributed by atoms with Gasteiger partial charge in [-0.15, -0.1) is 0 Å². The predicted molar refractivity (Wildman–Crippen MR) is 64.9 cm³/mol. The average molecular weight is 245 g/mol. The minimum atomic E-state index is -0.214. The number of hydrogen-bond donors (Lipinski definition) is 1. The van der Waals surface area contributed by atoms with Crippen molar-refractivity contribution in [3.63, 3.8) is 0 Å². The van der Waals surface area contributed by atoms with E-state index in [1.165, 1.54) is 11.1 Å². The Labute approximate surface area is 105 Å². The third-order valence-corrected chi connectivity index (χ3v) is 3.97. The van der Waals surface area contributed by atoms with Crippen molar-refractivity contribution in [1.29, 1.82) is 0 Å². The Bertz CT molecular complexity index is 480. The molecular formula is C13H15N3O2. The molecule has 3 rings (SSSR count). The van der Waals surface area contributed by atoms with Crippen molar-refractivity contribution in [2.24, 2.45) is 11.7 Å². The minimum Gasteiger partial charge on any atom is -0.330 e. The quantitative estimate of drug-likeness (QED) is 0.782. The maximum atomic E-state index is 12.3. The number of hydrogen-bond acceptors (Lipinski definition) is 4. The fraction of sp³-hybridized carbons (Fsp3) is 0.462. The van der Waals surface area contributed by atoms with E-state index in [9.17, 15) is 9.59 Å². The zero-order valence-electron chi connectivity index (χ0n) is 10.0. The van der Waals surface area contributed by atoms with Gasteiger partial charge in [-0.05, 0) is 31.4 Å². The van der Waals surface area contributed by atoms with E-state index < -0.39 is 0 Å². The summed E-state index contributed by atoms with van der Waals surface area (Å²) in [5.41, 5.74) is 6.62. The van der Waals surface area contributed by atoms with Gasteiger partial charge in [-0.1, -0.05) is 6.42 Å². The van der Waals surface area contributed by atoms with Gasteiger partial charge in [0.15, 0.2) is 0 Å². The number of fused-ring (bicyclic) bond motifs is 1. The molecule has 2 unspecified atom stereocenters. The lowest BCUT2D eigenvalue weighted by atomic mass is 10.0. The molecule has 0 spiro atoms. The van der Waals surface area contributed by atoms with Crippen LogP contribution in [0.3, 0.4) is 0 Å². The van der Waals surface area contributed by atoms with Crippen molar-refractivity contribution in [2.75, 3.05) is 6.54 Å². The Morgan fingerprint density at radius 2 is 2.06 bits per heavy atom. The number of carbonyl (C=O) groups is 2. The molecule has 2 N–H and O–H groups in total. The molecule has 18 heavy (non-hydrogen) atoms. The minimum absolute atomic E-state index is 0.0394. The lowest BCUT2D eigenvalue weighted by Gasteiger charge is -2.26. The molecule has 5 nitrogen and oxygen atoms in total. The molecule has 1 aromatic rings. The highest BCUT2D eigenvalue weighted by molar-refractivity contribution is 6.21. The zero-order valence-corrected chi connectivity index (χ0v) is 10.0. The molecule has 0 bridgehead atoms. The number of pyridine rings is 1. The highest BCUT2D eigenvalue weighted by atomic mass is 16.2. The molecule has 94 valence electrons. The second kappa shape index (κ2) is 4.17. The summed E-state index contributed by atoms with van der Waals surface area (Å²) >= 11 is 0. The van der Waals surface area contributed by atoms with Crippen LogP contribution in [0.2, 0.25) is 0 Å². The predicted octanol–water partition coefficient (Wildman–Crippen LogP) is 0.805. The Morgan fingerprint density at radius 1 is 1.28 bits per heavy atom. The Hall–Kier alpha value is -1.75. The van der Waals surface area contributed by atoms with Gasteiger partial charge in [0.25, 0.3) is 11.8 Å². The Balaban J connectivity index is 1.97. The molecule has 1 saturated carbocycles. The summed E-state index contributed by atoms with van der Waals surface area (Å²) < 4.78 is 0. The number of carbonyl (C=O) groups excluding carboxylic acids is 2. The lowest BCUT2D eigenvalue weighted by Crippen LogP contribution is -2.43. The monoisotopic (exact) mass is 245 g/mol. The van der Waals surface area contributed by atoms with E-state index in [1.807, 2.05) is 0 Å². The van der Waals surface area contributed by atoms with E-state index in [0.29, 0.717) is 17.7 Å². The number of imide groups is 1. The van der Waals surface area contributed by atoms with Crippen LogP contribution in [-0.4, -0.2) is 34.3 Å². The number of aromatic nitrogens is 1. The number of rotatable bonds is 2. The molecular weight excluding hydrogens is 230 g/mol. The number of nitrogens with two attached hydrogens (primary N) is 1. The first-order valence-corrected chi connectivity index (χ1v) is 6.26. The molecule has 5 heteroatoms. The van der Waals surface area contributed by atoms with Crippen molar-refractivity contribution in [1.82, 2.24) is 9.88 Å². The highest BCUT2D eigenvalue weighted by Gasteiger charge is 2.43. The Kier molecular flexibility index (Phi) is 2.63. The second-order valence-electron chi connectivity index (χ2n) is 4.90. The largest absolute Gasteiger partial charge is 0.330 e. The van der Waals surface area contributed by atoms with Gasteiger partial charge in [0, 0.05) is 18.4 Å². The van der Waals surface area contributed by atoms with Gasteiger partial charge in [0.05, 0.1) is 11.1 Å². The van der Waals surface area contributed by atoms with Crippen LogP contribution in [0.5, 0.6) is 0 Å². The van der Waals surface area contributed by atoms with Gasteiger partial charge < -0.3 is 5.73 Å². The summed E-state index contributed by atoms with van der Waals surface area (Å²) in [5, 5.41) is 0. The fourth-order valence-electron chi connectivity index (χ4n) is 3.04. The van der Waals surface area contributed by atoms with Crippen molar-refractivity contribution < 1.29 is 9.59 Å². The summed E-state index contributed by atoms with van der Waals surface area (Å²) in [6.45, 7) is 0.524. The van der Waals surface area contributed by atoms with Crippen molar-refractivity contribution in [2.45, 2.75) is 25.3 Å². The number of amides is 2. The summed E-state index contributed by atoms with van der Waals surface area (Å²) in [5.74, 6) is -0.170. The smallest absolute Gasteiger partial charge is 0.263 e. The SMILES string of the molecule is NCC1CCCC1N1C(=O)c2ccncc2C1=O. The van der Waals surface area contributed by atoms with Crippen LogP contribution < -0.4 is 5.73 Å². The van der Waals surface area contributed by atoms with Gasteiger partial charge in [-0.25, -0.2) is 0 Å². The van der Waals surface area contributed by atoms with E-state index in [0.717, 1.165) is 19.3 Å². The second-order valence-corrected chi connectivity index (χ2v) is 4.90. The molecule has 2 amide bonds. The van der Waals surface area contributed by atoms with E-state index in [1.54, 1.807) is 12.3 Å². The van der Waals surface area contributed by atoms with Gasteiger partial charge in [0.1, 0.15) is 0 Å². The highest BCUT2D eigenvalue weighted by Crippen LogP contribution is 2.34. The van der Waals surface area contributed by atoms with Gasteiger partial charge in [-0.3, -0.25) is 19.5 Å². The summed E-state index contributed by atoms with van der Waals surface area (Å²) in [4.78, 5) is 29.9. The van der Waals surface area contributed by atoms with Gasteiger partial charge in [-0.2, -0.15) is 0 Å². The topological polar surface area (TPSA) is 76.3 Å². The molecule has 1 aliphatic heterocycles. The first kappa shape index (κ1) is 11.3. The van der Waals surface area contributed by atoms with Crippen molar-refractivity contribution in [3.8, 4) is 0 Å². The third kappa shape index (κ3) is 1.47. The molecule has 0 aromatic carbocycles. The van der Waals surface area contributed by atoms with E-state index in [2.05, 4.69) is 4.98 Å². The van der Waals surface area contributed by atoms with Crippen LogP contribution in [-0.2, 0) is 0 Å². The first-order chi connectivity index (χ1) is 8.74. The third-order valence-electron chi connectivity index (χ3n) is 3.97. The average Bonchev–Trinajstić information content (AvgIpc) is 2.95. The molecule has 1 aliphatic carbocycles. The number of nitrogens with zero attached hydrogens (tertiary/aromatic N) is 2. The normalized spacial score (nSPS) is 26.8. The summed E-state index contributed by atoms with van der Waals surface area (Å²) in [6.07, 6.45) is 5.90. The lowest BCUT2D eigenvalue weighted by molar-refractivity contribution is 0.0552. The molecule has 2 aliphatic rings. The van der Waals surface area contributed by atoms with Crippen molar-refractivity contribution >= 4 is 11.8 Å². The van der Waals surface area contributed by atoms with E-state index >= 15 is 0 Å².